The highest BCUT2D eigenvalue weighted by Crippen LogP contribution is 2.41. The number of hydrogen-bond acceptors (Lipinski definition) is 5. The minimum Gasteiger partial charge on any atom is -0.369 e. The fourth-order valence-corrected chi connectivity index (χ4v) is 3.83. The van der Waals surface area contributed by atoms with Gasteiger partial charge in [-0.15, -0.1) is 0 Å². The van der Waals surface area contributed by atoms with Crippen LogP contribution in [0, 0.1) is 12.3 Å². The Balaban J connectivity index is 2.21. The second kappa shape index (κ2) is 5.49. The summed E-state index contributed by atoms with van der Waals surface area (Å²) in [5, 5.41) is 0.320. The number of Topliss-reactive ketones (excluding diaryl/α,β-unsaturated/α-hetero) is 1. The topological polar surface area (TPSA) is 102 Å². The van der Waals surface area contributed by atoms with Crippen molar-refractivity contribution < 1.29 is 4.79 Å². The quantitative estimate of drug-likeness (QED) is 0.704. The number of ketones is 1. The SMILES string of the molecule is Cc1ccccc1-c1c2c(nc3nc(N)[nH]c(=O)c13)CC(C)(C)CC2=O. The molecule has 0 atom stereocenters. The van der Waals surface area contributed by atoms with Gasteiger partial charge >= 0.3 is 0 Å². The zero-order chi connectivity index (χ0) is 18.6. The maximum Gasteiger partial charge on any atom is 0.262 e. The van der Waals surface area contributed by atoms with Crippen LogP contribution in [0.1, 0.15) is 41.9 Å². The number of carbonyl (C=O) groups is 1. The van der Waals surface area contributed by atoms with Gasteiger partial charge in [0, 0.05) is 17.5 Å². The number of nitrogens with two attached hydrogens (primary N) is 1. The van der Waals surface area contributed by atoms with E-state index in [1.54, 1.807) is 0 Å². The first kappa shape index (κ1) is 16.4. The van der Waals surface area contributed by atoms with Crippen LogP contribution >= 0.6 is 0 Å². The van der Waals surface area contributed by atoms with Gasteiger partial charge in [0.15, 0.2) is 11.4 Å². The van der Waals surface area contributed by atoms with Crippen LogP contribution in [0.4, 0.5) is 5.95 Å². The van der Waals surface area contributed by atoms with Gasteiger partial charge in [-0.05, 0) is 29.9 Å². The number of rotatable bonds is 1. The average Bonchev–Trinajstić information content (AvgIpc) is 2.52. The van der Waals surface area contributed by atoms with Crippen molar-refractivity contribution in [1.29, 1.82) is 0 Å². The smallest absolute Gasteiger partial charge is 0.262 e. The molecule has 0 aliphatic heterocycles. The molecule has 0 spiro atoms. The molecule has 3 aromatic rings. The summed E-state index contributed by atoms with van der Waals surface area (Å²) in [6, 6.07) is 7.72. The van der Waals surface area contributed by atoms with Crippen LogP contribution in [0.3, 0.4) is 0 Å². The third kappa shape index (κ3) is 2.49. The van der Waals surface area contributed by atoms with Crippen molar-refractivity contribution in [3.63, 3.8) is 0 Å². The number of aromatic amines is 1. The van der Waals surface area contributed by atoms with Gasteiger partial charge in [0.2, 0.25) is 5.95 Å². The Kier molecular flexibility index (Phi) is 3.47. The van der Waals surface area contributed by atoms with Crippen LogP contribution in [-0.4, -0.2) is 20.7 Å². The minimum atomic E-state index is -0.376. The molecule has 2 aromatic heterocycles. The predicted molar refractivity (Wildman–Crippen MR) is 101 cm³/mol. The lowest BCUT2D eigenvalue weighted by molar-refractivity contribution is 0.0911. The lowest BCUT2D eigenvalue weighted by atomic mass is 9.73. The molecule has 132 valence electrons. The van der Waals surface area contributed by atoms with Gasteiger partial charge in [0.1, 0.15) is 0 Å². The predicted octanol–water partition coefficient (Wildman–Crippen LogP) is 3.03. The highest BCUT2D eigenvalue weighted by molar-refractivity contribution is 6.11. The first-order valence-electron chi connectivity index (χ1n) is 8.58. The Morgan fingerprint density at radius 2 is 1.81 bits per heavy atom. The highest BCUT2D eigenvalue weighted by Gasteiger charge is 2.35. The number of benzene rings is 1. The molecule has 0 saturated carbocycles. The molecular formula is C20H20N4O2. The number of H-pyrrole nitrogens is 1. The zero-order valence-corrected chi connectivity index (χ0v) is 15.0. The van der Waals surface area contributed by atoms with Gasteiger partial charge in [0.25, 0.3) is 5.56 Å². The molecule has 1 aromatic carbocycles. The molecule has 26 heavy (non-hydrogen) atoms. The number of carbonyl (C=O) groups excluding carboxylic acids is 1. The number of nitrogens with zero attached hydrogens (tertiary/aromatic N) is 2. The molecule has 0 amide bonds. The van der Waals surface area contributed by atoms with Crippen LogP contribution in [0.5, 0.6) is 0 Å². The monoisotopic (exact) mass is 348 g/mol. The van der Waals surface area contributed by atoms with Crippen LogP contribution in [0.15, 0.2) is 29.1 Å². The average molecular weight is 348 g/mol. The summed E-state index contributed by atoms with van der Waals surface area (Å²) in [5.41, 5.74) is 9.14. The lowest BCUT2D eigenvalue weighted by Crippen LogP contribution is -2.29. The molecule has 2 heterocycles. The number of hydrogen-bond donors (Lipinski definition) is 2. The van der Waals surface area contributed by atoms with Gasteiger partial charge in [-0.3, -0.25) is 14.6 Å². The van der Waals surface area contributed by atoms with Crippen molar-refractivity contribution in [3.8, 4) is 11.1 Å². The van der Waals surface area contributed by atoms with Crippen molar-refractivity contribution in [2.75, 3.05) is 5.73 Å². The standard InChI is InChI=1S/C20H20N4O2/c1-10-6-4-5-7-11(10)14-15-12(8-20(2,3)9-13(15)25)22-17-16(14)18(26)24-19(21)23-17/h4-7H,8-9H2,1-3H3,(H3,21,22,23,24,26). The Morgan fingerprint density at radius 3 is 2.54 bits per heavy atom. The lowest BCUT2D eigenvalue weighted by Gasteiger charge is -2.31. The van der Waals surface area contributed by atoms with E-state index >= 15 is 0 Å². The molecule has 4 rings (SSSR count). The molecule has 0 unspecified atom stereocenters. The van der Waals surface area contributed by atoms with E-state index in [9.17, 15) is 9.59 Å². The van der Waals surface area contributed by atoms with E-state index < -0.39 is 0 Å². The number of aryl methyl sites for hydroxylation is 1. The number of pyridine rings is 1. The minimum absolute atomic E-state index is 0.0140. The van der Waals surface area contributed by atoms with Gasteiger partial charge < -0.3 is 5.73 Å². The number of fused-ring (bicyclic) bond motifs is 2. The molecule has 6 nitrogen and oxygen atoms in total. The second-order valence-electron chi connectivity index (χ2n) is 7.71. The van der Waals surface area contributed by atoms with Gasteiger partial charge in [0.05, 0.1) is 11.1 Å². The Bertz CT molecular complexity index is 1130. The fourth-order valence-electron chi connectivity index (χ4n) is 3.83. The molecule has 0 radical (unpaired) electrons. The van der Waals surface area contributed by atoms with Gasteiger partial charge in [-0.1, -0.05) is 38.1 Å². The fraction of sp³-hybridized carbons (Fsp3) is 0.300. The number of aromatic nitrogens is 3. The van der Waals surface area contributed by atoms with Crippen molar-refractivity contribution in [1.82, 2.24) is 15.0 Å². The Hall–Kier alpha value is -3.02. The van der Waals surface area contributed by atoms with Crippen molar-refractivity contribution in [2.24, 2.45) is 5.41 Å². The Labute approximate surface area is 150 Å². The largest absolute Gasteiger partial charge is 0.369 e. The third-order valence-corrected chi connectivity index (χ3v) is 4.93. The molecule has 1 aliphatic carbocycles. The number of nitrogens with one attached hydrogen (secondary N) is 1. The molecule has 6 heteroatoms. The maximum atomic E-state index is 13.0. The van der Waals surface area contributed by atoms with E-state index in [0.29, 0.717) is 35.0 Å². The molecule has 0 fully saturated rings. The molecule has 1 aliphatic rings. The highest BCUT2D eigenvalue weighted by atomic mass is 16.1. The molecule has 3 N–H and O–H groups in total. The first-order valence-corrected chi connectivity index (χ1v) is 8.58. The van der Waals surface area contributed by atoms with Crippen LogP contribution in [-0.2, 0) is 6.42 Å². The van der Waals surface area contributed by atoms with E-state index in [0.717, 1.165) is 11.1 Å². The van der Waals surface area contributed by atoms with Crippen LogP contribution in [0.25, 0.3) is 22.2 Å². The van der Waals surface area contributed by atoms with Crippen molar-refractivity contribution in [3.05, 3.63) is 51.4 Å². The van der Waals surface area contributed by atoms with Crippen molar-refractivity contribution in [2.45, 2.75) is 33.6 Å². The number of anilines is 1. The van der Waals surface area contributed by atoms with Crippen LogP contribution in [0.2, 0.25) is 0 Å². The van der Waals surface area contributed by atoms with Gasteiger partial charge in [-0.2, -0.15) is 4.98 Å². The van der Waals surface area contributed by atoms with Gasteiger partial charge in [-0.25, -0.2) is 4.98 Å². The summed E-state index contributed by atoms with van der Waals surface area (Å²) < 4.78 is 0. The summed E-state index contributed by atoms with van der Waals surface area (Å²) in [5.74, 6) is 0.0345. The zero-order valence-electron chi connectivity index (χ0n) is 15.0. The van der Waals surface area contributed by atoms with E-state index in [4.69, 9.17) is 5.73 Å². The maximum absolute atomic E-state index is 13.0. The normalized spacial score (nSPS) is 15.9. The van der Waals surface area contributed by atoms with Crippen LogP contribution < -0.4 is 11.3 Å². The molecule has 0 bridgehead atoms. The summed E-state index contributed by atoms with van der Waals surface area (Å²) in [6.45, 7) is 6.06. The van der Waals surface area contributed by atoms with E-state index in [1.807, 2.05) is 45.0 Å². The summed E-state index contributed by atoms with van der Waals surface area (Å²) in [4.78, 5) is 37.1. The second-order valence-corrected chi connectivity index (χ2v) is 7.71. The molecule has 0 saturated heterocycles. The summed E-state index contributed by atoms with van der Waals surface area (Å²) in [7, 11) is 0. The first-order chi connectivity index (χ1) is 12.3. The van der Waals surface area contributed by atoms with E-state index in [-0.39, 0.29) is 28.4 Å². The summed E-state index contributed by atoms with van der Waals surface area (Å²) >= 11 is 0. The van der Waals surface area contributed by atoms with E-state index in [1.165, 1.54) is 0 Å². The number of nitrogen functional groups attached to an aromatic ring is 1. The van der Waals surface area contributed by atoms with E-state index in [2.05, 4.69) is 15.0 Å². The van der Waals surface area contributed by atoms with Crippen molar-refractivity contribution >= 4 is 22.8 Å². The summed E-state index contributed by atoms with van der Waals surface area (Å²) in [6.07, 6.45) is 1.07. The third-order valence-electron chi connectivity index (χ3n) is 4.93. The Morgan fingerprint density at radius 1 is 1.08 bits per heavy atom. The molecular weight excluding hydrogens is 328 g/mol.